The van der Waals surface area contributed by atoms with Crippen LogP contribution >= 0.6 is 11.8 Å². The third kappa shape index (κ3) is 4.16. The predicted octanol–water partition coefficient (Wildman–Crippen LogP) is 3.73. The van der Waals surface area contributed by atoms with Gasteiger partial charge in [0.05, 0.1) is 0 Å². The Hall–Kier alpha value is -1.75. The quantitative estimate of drug-likeness (QED) is 0.802. The lowest BCUT2D eigenvalue weighted by Gasteiger charge is -2.20. The number of hydrogen-bond donors (Lipinski definition) is 0. The molecule has 0 saturated carbocycles. The van der Waals surface area contributed by atoms with E-state index in [4.69, 9.17) is 0 Å². The maximum Gasteiger partial charge on any atom is 0.253 e. The molecule has 1 saturated heterocycles. The van der Waals surface area contributed by atoms with E-state index in [0.717, 1.165) is 42.4 Å². The zero-order valence-corrected chi connectivity index (χ0v) is 14.4. The number of aryl methyl sites for hydroxylation is 1. The second-order valence-electron chi connectivity index (χ2n) is 6.01. The van der Waals surface area contributed by atoms with Crippen molar-refractivity contribution in [3.63, 3.8) is 0 Å². The molecule has 2 heterocycles. The van der Waals surface area contributed by atoms with Gasteiger partial charge in [0, 0.05) is 43.8 Å². The fourth-order valence-corrected chi connectivity index (χ4v) is 3.73. The average molecular weight is 329 g/mol. The largest absolute Gasteiger partial charge is 0.339 e. The highest BCUT2D eigenvalue weighted by Crippen LogP contribution is 2.21. The van der Waals surface area contributed by atoms with Crippen LogP contribution in [0.4, 0.5) is 0 Å². The van der Waals surface area contributed by atoms with E-state index >= 15 is 0 Å². The molecule has 1 aromatic heterocycles. The summed E-state index contributed by atoms with van der Waals surface area (Å²) in [5, 5.41) is 1.01. The predicted molar refractivity (Wildman–Crippen MR) is 93.6 cm³/mol. The van der Waals surface area contributed by atoms with Gasteiger partial charge < -0.3 is 9.47 Å². The SMILES string of the molecule is Cn1ccnc1SCc1ccc(C(=O)N2CCCCCC2)cc1. The van der Waals surface area contributed by atoms with Crippen molar-refractivity contribution in [2.75, 3.05) is 13.1 Å². The fourth-order valence-electron chi connectivity index (χ4n) is 2.84. The molecular weight excluding hydrogens is 306 g/mol. The highest BCUT2D eigenvalue weighted by molar-refractivity contribution is 7.98. The maximum atomic E-state index is 12.6. The Kier molecular flexibility index (Phi) is 5.39. The Morgan fingerprint density at radius 2 is 1.83 bits per heavy atom. The van der Waals surface area contributed by atoms with E-state index in [1.165, 1.54) is 18.4 Å². The summed E-state index contributed by atoms with van der Waals surface area (Å²) < 4.78 is 2.02. The average Bonchev–Trinajstić information content (AvgIpc) is 2.82. The maximum absolute atomic E-state index is 12.6. The first-order valence-corrected chi connectivity index (χ1v) is 9.21. The Labute approximate surface area is 141 Å². The van der Waals surface area contributed by atoms with Gasteiger partial charge in [-0.1, -0.05) is 36.7 Å². The molecule has 2 aromatic rings. The second kappa shape index (κ2) is 7.68. The van der Waals surface area contributed by atoms with E-state index in [2.05, 4.69) is 17.1 Å². The smallest absolute Gasteiger partial charge is 0.253 e. The highest BCUT2D eigenvalue weighted by atomic mass is 32.2. The topological polar surface area (TPSA) is 38.1 Å². The minimum Gasteiger partial charge on any atom is -0.339 e. The lowest BCUT2D eigenvalue weighted by atomic mass is 10.1. The van der Waals surface area contributed by atoms with Gasteiger partial charge in [0.1, 0.15) is 0 Å². The zero-order chi connectivity index (χ0) is 16.1. The Morgan fingerprint density at radius 3 is 2.43 bits per heavy atom. The number of carbonyl (C=O) groups excluding carboxylic acids is 1. The van der Waals surface area contributed by atoms with E-state index < -0.39 is 0 Å². The minimum absolute atomic E-state index is 0.176. The van der Waals surface area contributed by atoms with Gasteiger partial charge in [-0.25, -0.2) is 4.98 Å². The van der Waals surface area contributed by atoms with Crippen LogP contribution in [0.3, 0.4) is 0 Å². The Balaban J connectivity index is 1.60. The summed E-state index contributed by atoms with van der Waals surface area (Å²) in [5.74, 6) is 1.04. The van der Waals surface area contributed by atoms with Gasteiger partial charge >= 0.3 is 0 Å². The van der Waals surface area contributed by atoms with Crippen LogP contribution in [0.1, 0.15) is 41.6 Å². The first-order valence-electron chi connectivity index (χ1n) is 8.22. The van der Waals surface area contributed by atoms with Crippen molar-refractivity contribution in [2.45, 2.75) is 36.6 Å². The molecule has 0 spiro atoms. The van der Waals surface area contributed by atoms with Gasteiger partial charge in [-0.3, -0.25) is 4.79 Å². The molecule has 0 unspecified atom stereocenters. The highest BCUT2D eigenvalue weighted by Gasteiger charge is 2.17. The van der Waals surface area contributed by atoms with Gasteiger partial charge in [0.15, 0.2) is 5.16 Å². The van der Waals surface area contributed by atoms with E-state index in [0.29, 0.717) is 0 Å². The lowest BCUT2D eigenvalue weighted by Crippen LogP contribution is -2.31. The summed E-state index contributed by atoms with van der Waals surface area (Å²) in [6.07, 6.45) is 8.51. The normalized spacial score (nSPS) is 15.4. The van der Waals surface area contributed by atoms with Crippen LogP contribution in [0, 0.1) is 0 Å². The first-order chi connectivity index (χ1) is 11.2. The van der Waals surface area contributed by atoms with Gasteiger partial charge in [-0.15, -0.1) is 0 Å². The van der Waals surface area contributed by atoms with Crippen LogP contribution in [-0.4, -0.2) is 33.4 Å². The van der Waals surface area contributed by atoms with Crippen molar-refractivity contribution in [3.8, 4) is 0 Å². The zero-order valence-electron chi connectivity index (χ0n) is 13.6. The molecule has 0 N–H and O–H groups in total. The summed E-state index contributed by atoms with van der Waals surface area (Å²) in [5.41, 5.74) is 2.02. The molecule has 4 nitrogen and oxygen atoms in total. The summed E-state index contributed by atoms with van der Waals surface area (Å²) in [4.78, 5) is 18.9. The monoisotopic (exact) mass is 329 g/mol. The molecule has 1 aliphatic rings. The van der Waals surface area contributed by atoms with Crippen LogP contribution in [0.25, 0.3) is 0 Å². The standard InChI is InChI=1S/C18H23N3OS/c1-20-13-10-19-18(20)23-14-15-6-8-16(9-7-15)17(22)21-11-4-2-3-5-12-21/h6-10,13H,2-5,11-12,14H2,1H3. The molecule has 0 aliphatic carbocycles. The van der Waals surface area contributed by atoms with Crippen molar-refractivity contribution in [1.29, 1.82) is 0 Å². The minimum atomic E-state index is 0.176. The molecule has 23 heavy (non-hydrogen) atoms. The summed E-state index contributed by atoms with van der Waals surface area (Å²) in [6.45, 7) is 1.80. The van der Waals surface area contributed by atoms with Crippen LogP contribution in [0.15, 0.2) is 41.8 Å². The number of aromatic nitrogens is 2. The number of likely N-dealkylation sites (tertiary alicyclic amines) is 1. The Morgan fingerprint density at radius 1 is 1.13 bits per heavy atom. The molecule has 5 heteroatoms. The molecule has 0 bridgehead atoms. The number of amides is 1. The van der Waals surface area contributed by atoms with Crippen molar-refractivity contribution < 1.29 is 4.79 Å². The number of carbonyl (C=O) groups is 1. The van der Waals surface area contributed by atoms with Crippen molar-refractivity contribution in [1.82, 2.24) is 14.5 Å². The second-order valence-corrected chi connectivity index (χ2v) is 6.96. The Bertz CT molecular complexity index is 643. The number of nitrogens with zero attached hydrogens (tertiary/aromatic N) is 3. The van der Waals surface area contributed by atoms with Crippen LogP contribution in [0.5, 0.6) is 0 Å². The number of benzene rings is 1. The lowest BCUT2D eigenvalue weighted by molar-refractivity contribution is 0.0761. The molecule has 3 rings (SSSR count). The fraction of sp³-hybridized carbons (Fsp3) is 0.444. The van der Waals surface area contributed by atoms with Crippen molar-refractivity contribution in [3.05, 3.63) is 47.8 Å². The van der Waals surface area contributed by atoms with Crippen LogP contribution in [0.2, 0.25) is 0 Å². The number of imidazole rings is 1. The molecule has 122 valence electrons. The number of hydrogen-bond acceptors (Lipinski definition) is 3. The summed E-state index contributed by atoms with van der Waals surface area (Å²) in [6, 6.07) is 8.03. The van der Waals surface area contributed by atoms with E-state index in [1.807, 2.05) is 41.0 Å². The summed E-state index contributed by atoms with van der Waals surface area (Å²) >= 11 is 1.71. The molecule has 0 radical (unpaired) electrons. The van der Waals surface area contributed by atoms with Gasteiger partial charge in [-0.05, 0) is 30.5 Å². The van der Waals surface area contributed by atoms with Gasteiger partial charge in [-0.2, -0.15) is 0 Å². The number of rotatable bonds is 4. The number of thioether (sulfide) groups is 1. The third-order valence-electron chi connectivity index (χ3n) is 4.24. The van der Waals surface area contributed by atoms with Gasteiger partial charge in [0.25, 0.3) is 5.91 Å². The summed E-state index contributed by atoms with van der Waals surface area (Å²) in [7, 11) is 2.00. The van der Waals surface area contributed by atoms with E-state index in [-0.39, 0.29) is 5.91 Å². The van der Waals surface area contributed by atoms with E-state index in [9.17, 15) is 4.79 Å². The molecular formula is C18H23N3OS. The van der Waals surface area contributed by atoms with E-state index in [1.54, 1.807) is 11.8 Å². The molecule has 0 atom stereocenters. The van der Waals surface area contributed by atoms with Crippen LogP contribution in [-0.2, 0) is 12.8 Å². The van der Waals surface area contributed by atoms with Crippen LogP contribution < -0.4 is 0 Å². The molecule has 1 aromatic carbocycles. The van der Waals surface area contributed by atoms with Crippen molar-refractivity contribution >= 4 is 17.7 Å². The third-order valence-corrected chi connectivity index (χ3v) is 5.37. The molecule has 1 fully saturated rings. The molecule has 1 aliphatic heterocycles. The van der Waals surface area contributed by atoms with Gasteiger partial charge in [0.2, 0.25) is 0 Å². The first kappa shape index (κ1) is 16.1. The van der Waals surface area contributed by atoms with Crippen molar-refractivity contribution in [2.24, 2.45) is 7.05 Å². The molecule has 1 amide bonds.